The van der Waals surface area contributed by atoms with Gasteiger partial charge in [-0.1, -0.05) is 18.2 Å². The lowest BCUT2D eigenvalue weighted by Gasteiger charge is -2.12. The maximum Gasteiger partial charge on any atom is 0.323 e. The fraction of sp³-hybridized carbons (Fsp3) is 0.188. The first-order valence-corrected chi connectivity index (χ1v) is 7.44. The van der Waals surface area contributed by atoms with Crippen molar-refractivity contribution < 1.29 is 4.79 Å². The van der Waals surface area contributed by atoms with E-state index in [1.165, 1.54) is 0 Å². The summed E-state index contributed by atoms with van der Waals surface area (Å²) in [5.41, 5.74) is 9.34. The maximum absolute atomic E-state index is 12.1. The van der Waals surface area contributed by atoms with E-state index < -0.39 is 0 Å². The number of carbonyl (C=O) groups is 1. The largest absolute Gasteiger partial charge is 0.324 e. The van der Waals surface area contributed by atoms with Gasteiger partial charge in [0.2, 0.25) is 0 Å². The highest BCUT2D eigenvalue weighted by atomic mass is 79.9. The summed E-state index contributed by atoms with van der Waals surface area (Å²) in [5, 5.41) is 5.63. The molecule has 0 saturated carbocycles. The van der Waals surface area contributed by atoms with Gasteiger partial charge in [0, 0.05) is 16.2 Å². The van der Waals surface area contributed by atoms with E-state index in [2.05, 4.69) is 26.6 Å². The van der Waals surface area contributed by atoms with E-state index in [-0.39, 0.29) is 12.1 Å². The average molecular weight is 348 g/mol. The Bertz CT molecular complexity index is 656. The summed E-state index contributed by atoms with van der Waals surface area (Å²) in [6.07, 6.45) is 0. The fourth-order valence-electron chi connectivity index (χ4n) is 1.92. The number of hydrogen-bond acceptors (Lipinski definition) is 2. The number of rotatable bonds is 3. The Balaban J connectivity index is 2.08. The van der Waals surface area contributed by atoms with Crippen LogP contribution in [-0.2, 0) is 0 Å². The molecule has 0 aliphatic heterocycles. The molecule has 2 aromatic rings. The molecule has 0 aromatic heterocycles. The van der Waals surface area contributed by atoms with Crippen molar-refractivity contribution in [2.75, 3.05) is 10.6 Å². The molecular weight excluding hydrogens is 330 g/mol. The van der Waals surface area contributed by atoms with E-state index >= 15 is 0 Å². The van der Waals surface area contributed by atoms with Crippen LogP contribution in [0.5, 0.6) is 0 Å². The zero-order chi connectivity index (χ0) is 15.4. The van der Waals surface area contributed by atoms with Crippen molar-refractivity contribution in [3.8, 4) is 0 Å². The third-order valence-electron chi connectivity index (χ3n) is 3.04. The molecule has 0 spiro atoms. The smallest absolute Gasteiger partial charge is 0.323 e. The standard InChI is InChI=1S/C16H18BrN3O/c1-10-6-7-14(17)15(8-10)20-16(21)19-13-5-3-4-12(9-13)11(2)18/h3-9,11H,18H2,1-2H3,(H2,19,20,21). The Labute approximate surface area is 132 Å². The molecule has 2 rings (SSSR count). The molecule has 0 aliphatic carbocycles. The number of halogens is 1. The lowest BCUT2D eigenvalue weighted by atomic mass is 10.1. The molecule has 0 aliphatic rings. The second-order valence-electron chi connectivity index (χ2n) is 4.98. The van der Waals surface area contributed by atoms with Gasteiger partial charge in [-0.25, -0.2) is 4.79 Å². The number of anilines is 2. The number of aryl methyl sites for hydroxylation is 1. The zero-order valence-corrected chi connectivity index (χ0v) is 13.6. The lowest BCUT2D eigenvalue weighted by molar-refractivity contribution is 0.262. The monoisotopic (exact) mass is 347 g/mol. The average Bonchev–Trinajstić information content (AvgIpc) is 2.43. The van der Waals surface area contributed by atoms with Crippen molar-refractivity contribution in [1.29, 1.82) is 0 Å². The van der Waals surface area contributed by atoms with Gasteiger partial charge >= 0.3 is 6.03 Å². The van der Waals surface area contributed by atoms with Gasteiger partial charge in [-0.3, -0.25) is 0 Å². The van der Waals surface area contributed by atoms with Gasteiger partial charge in [-0.15, -0.1) is 0 Å². The Morgan fingerprint density at radius 3 is 2.67 bits per heavy atom. The fourth-order valence-corrected chi connectivity index (χ4v) is 2.26. The number of nitrogens with two attached hydrogens (primary N) is 1. The Hall–Kier alpha value is -1.85. The predicted octanol–water partition coefficient (Wildman–Crippen LogP) is 4.42. The number of urea groups is 1. The molecular formula is C16H18BrN3O. The minimum absolute atomic E-state index is 0.0688. The molecule has 4 N–H and O–H groups in total. The van der Waals surface area contributed by atoms with Crippen LogP contribution in [-0.4, -0.2) is 6.03 Å². The molecule has 0 bridgehead atoms. The summed E-state index contributed by atoms with van der Waals surface area (Å²) in [4.78, 5) is 12.1. The molecule has 21 heavy (non-hydrogen) atoms. The van der Waals surface area contributed by atoms with Gasteiger partial charge < -0.3 is 16.4 Å². The number of benzene rings is 2. The first kappa shape index (κ1) is 15.5. The highest BCUT2D eigenvalue weighted by Crippen LogP contribution is 2.23. The molecule has 2 amide bonds. The third-order valence-corrected chi connectivity index (χ3v) is 3.73. The number of carbonyl (C=O) groups excluding carboxylic acids is 1. The third kappa shape index (κ3) is 4.31. The summed E-state index contributed by atoms with van der Waals surface area (Å²) in [6, 6.07) is 12.9. The molecule has 2 aromatic carbocycles. The van der Waals surface area contributed by atoms with Crippen LogP contribution >= 0.6 is 15.9 Å². The highest BCUT2D eigenvalue weighted by Gasteiger charge is 2.07. The normalized spacial score (nSPS) is 11.8. The second kappa shape index (κ2) is 6.74. The number of amides is 2. The van der Waals surface area contributed by atoms with Crippen molar-refractivity contribution in [2.24, 2.45) is 5.73 Å². The second-order valence-corrected chi connectivity index (χ2v) is 5.83. The van der Waals surface area contributed by atoms with Crippen molar-refractivity contribution >= 4 is 33.3 Å². The summed E-state index contributed by atoms with van der Waals surface area (Å²) in [6.45, 7) is 3.88. The van der Waals surface area contributed by atoms with Crippen LogP contribution in [0.4, 0.5) is 16.2 Å². The predicted molar refractivity (Wildman–Crippen MR) is 90.6 cm³/mol. The SMILES string of the molecule is Cc1ccc(Br)c(NC(=O)Nc2cccc(C(C)N)c2)c1. The molecule has 1 atom stereocenters. The molecule has 0 radical (unpaired) electrons. The van der Waals surface area contributed by atoms with E-state index in [9.17, 15) is 4.79 Å². The van der Waals surface area contributed by atoms with E-state index in [0.29, 0.717) is 5.69 Å². The van der Waals surface area contributed by atoms with Gasteiger partial charge in [-0.2, -0.15) is 0 Å². The Kier molecular flexibility index (Phi) is 4.98. The van der Waals surface area contributed by atoms with Crippen LogP contribution in [0.15, 0.2) is 46.9 Å². The van der Waals surface area contributed by atoms with Crippen LogP contribution in [0.25, 0.3) is 0 Å². The van der Waals surface area contributed by atoms with Crippen molar-refractivity contribution in [3.63, 3.8) is 0 Å². The van der Waals surface area contributed by atoms with Crippen LogP contribution in [0, 0.1) is 6.92 Å². The van der Waals surface area contributed by atoms with E-state index in [4.69, 9.17) is 5.73 Å². The van der Waals surface area contributed by atoms with Crippen molar-refractivity contribution in [3.05, 3.63) is 58.1 Å². The molecule has 0 heterocycles. The lowest BCUT2D eigenvalue weighted by Crippen LogP contribution is -2.20. The molecule has 1 unspecified atom stereocenters. The molecule has 5 heteroatoms. The minimum Gasteiger partial charge on any atom is -0.324 e. The minimum atomic E-state index is -0.289. The van der Waals surface area contributed by atoms with Crippen LogP contribution in [0.1, 0.15) is 24.1 Å². The van der Waals surface area contributed by atoms with Crippen LogP contribution in [0.3, 0.4) is 0 Å². The Morgan fingerprint density at radius 2 is 1.95 bits per heavy atom. The van der Waals surface area contributed by atoms with Crippen molar-refractivity contribution in [1.82, 2.24) is 0 Å². The summed E-state index contributed by atoms with van der Waals surface area (Å²) in [7, 11) is 0. The van der Waals surface area contributed by atoms with Gasteiger partial charge in [0.05, 0.1) is 5.69 Å². The maximum atomic E-state index is 12.1. The molecule has 0 fully saturated rings. The Morgan fingerprint density at radius 1 is 1.19 bits per heavy atom. The van der Waals surface area contributed by atoms with E-state index in [1.807, 2.05) is 56.3 Å². The summed E-state index contributed by atoms with van der Waals surface area (Å²) in [5.74, 6) is 0. The van der Waals surface area contributed by atoms with E-state index in [1.54, 1.807) is 0 Å². The molecule has 4 nitrogen and oxygen atoms in total. The first-order valence-electron chi connectivity index (χ1n) is 6.65. The van der Waals surface area contributed by atoms with Gasteiger partial charge in [0.25, 0.3) is 0 Å². The van der Waals surface area contributed by atoms with Crippen LogP contribution in [0.2, 0.25) is 0 Å². The van der Waals surface area contributed by atoms with Gasteiger partial charge in [0.15, 0.2) is 0 Å². The van der Waals surface area contributed by atoms with Crippen LogP contribution < -0.4 is 16.4 Å². The topological polar surface area (TPSA) is 67.2 Å². The summed E-state index contributed by atoms with van der Waals surface area (Å²) >= 11 is 3.42. The number of nitrogens with one attached hydrogen (secondary N) is 2. The highest BCUT2D eigenvalue weighted by molar-refractivity contribution is 9.10. The van der Waals surface area contributed by atoms with E-state index in [0.717, 1.165) is 21.3 Å². The van der Waals surface area contributed by atoms with Crippen molar-refractivity contribution in [2.45, 2.75) is 19.9 Å². The zero-order valence-electron chi connectivity index (χ0n) is 12.0. The van der Waals surface area contributed by atoms with Gasteiger partial charge in [-0.05, 0) is 65.2 Å². The summed E-state index contributed by atoms with van der Waals surface area (Å²) < 4.78 is 0.840. The van der Waals surface area contributed by atoms with Gasteiger partial charge in [0.1, 0.15) is 0 Å². The molecule has 110 valence electrons. The first-order chi connectivity index (χ1) is 9.95. The quantitative estimate of drug-likeness (QED) is 0.769. The number of hydrogen-bond donors (Lipinski definition) is 3. The molecule has 0 saturated heterocycles.